The molecule has 0 aromatic carbocycles. The zero-order valence-corrected chi connectivity index (χ0v) is 11.4. The molecule has 1 unspecified atom stereocenters. The van der Waals surface area contributed by atoms with Gasteiger partial charge in [-0.1, -0.05) is 6.92 Å². The Morgan fingerprint density at radius 3 is 2.50 bits per heavy atom. The number of aliphatic hydroxyl groups is 1. The number of nitrogens with one attached hydrogen (secondary N) is 2. The van der Waals surface area contributed by atoms with E-state index in [0.717, 1.165) is 13.0 Å². The van der Waals surface area contributed by atoms with Gasteiger partial charge in [-0.05, 0) is 20.3 Å². The molecular weight excluding hydrogens is 232 g/mol. The lowest BCUT2D eigenvalue weighted by atomic mass is 10.0. The van der Waals surface area contributed by atoms with Crippen LogP contribution in [0.15, 0.2) is 6.33 Å². The topological polar surface area (TPSA) is 79.3 Å². The molecule has 18 heavy (non-hydrogen) atoms. The maximum Gasteiger partial charge on any atom is 0.204 e. The van der Waals surface area contributed by atoms with E-state index in [1.165, 1.54) is 6.33 Å². The minimum Gasteiger partial charge on any atom is -0.490 e. The second-order valence-electron chi connectivity index (χ2n) is 4.33. The number of nitrogens with zero attached hydrogens (tertiary/aromatic N) is 2. The minimum atomic E-state index is -0.425. The van der Waals surface area contributed by atoms with Gasteiger partial charge >= 0.3 is 0 Å². The summed E-state index contributed by atoms with van der Waals surface area (Å²) in [5, 5.41) is 15.7. The van der Waals surface area contributed by atoms with E-state index in [9.17, 15) is 5.11 Å². The first kappa shape index (κ1) is 14.5. The number of methoxy groups -OCH3 is 1. The van der Waals surface area contributed by atoms with E-state index >= 15 is 0 Å². The van der Waals surface area contributed by atoms with Crippen LogP contribution in [-0.4, -0.2) is 40.9 Å². The summed E-state index contributed by atoms with van der Waals surface area (Å²) in [6, 6.07) is 0. The summed E-state index contributed by atoms with van der Waals surface area (Å²) in [6.07, 6.45) is 2.24. The summed E-state index contributed by atoms with van der Waals surface area (Å²) in [7, 11) is 1.58. The van der Waals surface area contributed by atoms with E-state index in [-0.39, 0.29) is 6.61 Å². The first-order chi connectivity index (χ1) is 8.60. The van der Waals surface area contributed by atoms with Crippen LogP contribution in [0.5, 0.6) is 5.75 Å². The molecule has 1 atom stereocenters. The molecule has 0 aliphatic heterocycles. The van der Waals surface area contributed by atoms with Gasteiger partial charge in [0.25, 0.3) is 0 Å². The van der Waals surface area contributed by atoms with Crippen LogP contribution in [0.4, 0.5) is 11.6 Å². The van der Waals surface area contributed by atoms with Crippen LogP contribution in [0.25, 0.3) is 0 Å². The van der Waals surface area contributed by atoms with E-state index < -0.39 is 5.54 Å². The second-order valence-corrected chi connectivity index (χ2v) is 4.33. The average Bonchev–Trinajstić information content (AvgIpc) is 2.39. The first-order valence-corrected chi connectivity index (χ1v) is 6.12. The highest BCUT2D eigenvalue weighted by Crippen LogP contribution is 2.31. The summed E-state index contributed by atoms with van der Waals surface area (Å²) in [4.78, 5) is 8.31. The quantitative estimate of drug-likeness (QED) is 0.684. The lowest BCUT2D eigenvalue weighted by Gasteiger charge is -2.28. The number of anilines is 2. The van der Waals surface area contributed by atoms with Crippen molar-refractivity contribution in [3.8, 4) is 5.75 Å². The van der Waals surface area contributed by atoms with Crippen LogP contribution in [0.1, 0.15) is 27.2 Å². The SMILES string of the molecule is CCNc1ncnc(NC(C)(CC)CO)c1OC. The van der Waals surface area contributed by atoms with Gasteiger partial charge < -0.3 is 20.5 Å². The molecule has 0 aliphatic rings. The molecule has 1 rings (SSSR count). The van der Waals surface area contributed by atoms with Crippen molar-refractivity contribution < 1.29 is 9.84 Å². The normalized spacial score (nSPS) is 13.8. The van der Waals surface area contributed by atoms with Gasteiger partial charge in [0, 0.05) is 6.54 Å². The molecule has 0 fully saturated rings. The maximum atomic E-state index is 9.42. The largest absolute Gasteiger partial charge is 0.490 e. The molecule has 1 heterocycles. The molecule has 6 nitrogen and oxygen atoms in total. The molecule has 0 saturated carbocycles. The molecule has 3 N–H and O–H groups in total. The molecule has 0 aliphatic carbocycles. The van der Waals surface area contributed by atoms with E-state index in [1.807, 2.05) is 20.8 Å². The summed E-state index contributed by atoms with van der Waals surface area (Å²) in [5.41, 5.74) is -0.425. The second kappa shape index (κ2) is 6.39. The van der Waals surface area contributed by atoms with Crippen LogP contribution in [-0.2, 0) is 0 Å². The summed E-state index contributed by atoms with van der Waals surface area (Å²) in [6.45, 7) is 6.69. The minimum absolute atomic E-state index is 0.0210. The number of aromatic nitrogens is 2. The van der Waals surface area contributed by atoms with Crippen molar-refractivity contribution in [1.29, 1.82) is 0 Å². The number of aliphatic hydroxyl groups excluding tert-OH is 1. The molecule has 0 amide bonds. The standard InChI is InChI=1S/C12H22N4O2/c1-5-12(3,7-17)16-11-9(18-4)10(13-6-2)14-8-15-11/h8,17H,5-7H2,1-4H3,(H2,13,14,15,16). The molecule has 6 heteroatoms. The Bertz CT molecular complexity index is 380. The Balaban J connectivity index is 3.04. The predicted molar refractivity (Wildman–Crippen MR) is 72.2 cm³/mol. The van der Waals surface area contributed by atoms with Crippen molar-refractivity contribution >= 4 is 11.6 Å². The first-order valence-electron chi connectivity index (χ1n) is 6.12. The fraction of sp³-hybridized carbons (Fsp3) is 0.667. The van der Waals surface area contributed by atoms with Crippen LogP contribution >= 0.6 is 0 Å². The highest BCUT2D eigenvalue weighted by molar-refractivity contribution is 5.64. The van der Waals surface area contributed by atoms with E-state index in [1.54, 1.807) is 7.11 Å². The number of rotatable bonds is 7. The lowest BCUT2D eigenvalue weighted by molar-refractivity contribution is 0.218. The van der Waals surface area contributed by atoms with Crippen molar-refractivity contribution in [2.24, 2.45) is 0 Å². The van der Waals surface area contributed by atoms with Gasteiger partial charge in [-0.15, -0.1) is 0 Å². The summed E-state index contributed by atoms with van der Waals surface area (Å²) < 4.78 is 5.33. The Kier molecular flexibility index (Phi) is 5.15. The number of hydrogen-bond acceptors (Lipinski definition) is 6. The van der Waals surface area contributed by atoms with Crippen molar-refractivity contribution in [1.82, 2.24) is 9.97 Å². The molecule has 102 valence electrons. The maximum absolute atomic E-state index is 9.42. The molecule has 1 aromatic rings. The average molecular weight is 254 g/mol. The number of ether oxygens (including phenoxy) is 1. The lowest BCUT2D eigenvalue weighted by Crippen LogP contribution is -2.38. The Morgan fingerprint density at radius 1 is 1.33 bits per heavy atom. The highest BCUT2D eigenvalue weighted by Gasteiger charge is 2.24. The molecule has 0 spiro atoms. The Labute approximate surface area is 108 Å². The summed E-state index contributed by atoms with van der Waals surface area (Å²) >= 11 is 0. The van der Waals surface area contributed by atoms with Crippen molar-refractivity contribution in [3.05, 3.63) is 6.33 Å². The molecular formula is C12H22N4O2. The Morgan fingerprint density at radius 2 is 2.00 bits per heavy atom. The van der Waals surface area contributed by atoms with Crippen LogP contribution < -0.4 is 15.4 Å². The predicted octanol–water partition coefficient (Wildman–Crippen LogP) is 1.49. The molecule has 1 aromatic heterocycles. The smallest absolute Gasteiger partial charge is 0.204 e. The highest BCUT2D eigenvalue weighted by atomic mass is 16.5. The van der Waals surface area contributed by atoms with Gasteiger partial charge in [0.2, 0.25) is 5.75 Å². The van der Waals surface area contributed by atoms with Gasteiger partial charge in [-0.2, -0.15) is 0 Å². The zero-order valence-electron chi connectivity index (χ0n) is 11.4. The molecule has 0 bridgehead atoms. The Hall–Kier alpha value is -1.56. The van der Waals surface area contributed by atoms with Gasteiger partial charge in [0.1, 0.15) is 6.33 Å². The van der Waals surface area contributed by atoms with Gasteiger partial charge in [-0.3, -0.25) is 0 Å². The molecule has 0 radical (unpaired) electrons. The third-order valence-electron chi connectivity index (χ3n) is 2.90. The molecule has 0 saturated heterocycles. The summed E-state index contributed by atoms with van der Waals surface area (Å²) in [5.74, 6) is 1.79. The van der Waals surface area contributed by atoms with E-state index in [2.05, 4.69) is 20.6 Å². The van der Waals surface area contributed by atoms with Gasteiger partial charge in [0.15, 0.2) is 11.6 Å². The third kappa shape index (κ3) is 3.22. The fourth-order valence-corrected chi connectivity index (χ4v) is 1.48. The monoisotopic (exact) mass is 254 g/mol. The fourth-order valence-electron chi connectivity index (χ4n) is 1.48. The van der Waals surface area contributed by atoms with Crippen LogP contribution in [0, 0.1) is 0 Å². The van der Waals surface area contributed by atoms with Gasteiger partial charge in [0.05, 0.1) is 19.3 Å². The van der Waals surface area contributed by atoms with Crippen LogP contribution in [0.2, 0.25) is 0 Å². The zero-order chi connectivity index (χ0) is 13.6. The van der Waals surface area contributed by atoms with Crippen molar-refractivity contribution in [2.45, 2.75) is 32.7 Å². The van der Waals surface area contributed by atoms with Crippen molar-refractivity contribution in [3.63, 3.8) is 0 Å². The van der Waals surface area contributed by atoms with Gasteiger partial charge in [-0.25, -0.2) is 9.97 Å². The third-order valence-corrected chi connectivity index (χ3v) is 2.90. The van der Waals surface area contributed by atoms with Crippen molar-refractivity contribution in [2.75, 3.05) is 30.9 Å². The van der Waals surface area contributed by atoms with Crippen LogP contribution in [0.3, 0.4) is 0 Å². The van der Waals surface area contributed by atoms with E-state index in [4.69, 9.17) is 4.74 Å². The van der Waals surface area contributed by atoms with E-state index in [0.29, 0.717) is 17.4 Å². The number of hydrogen-bond donors (Lipinski definition) is 3.